The Morgan fingerprint density at radius 3 is 2.80 bits per heavy atom. The summed E-state index contributed by atoms with van der Waals surface area (Å²) in [4.78, 5) is 29.8. The van der Waals surface area contributed by atoms with Crippen molar-refractivity contribution in [3.8, 4) is 5.88 Å². The molecule has 2 aliphatic heterocycles. The van der Waals surface area contributed by atoms with E-state index in [-0.39, 0.29) is 17.3 Å². The number of nitrogens with zero attached hydrogens (tertiary/aromatic N) is 2. The molecule has 3 heterocycles. The van der Waals surface area contributed by atoms with E-state index < -0.39 is 6.04 Å². The molecule has 0 fully saturated rings. The molecule has 25 heavy (non-hydrogen) atoms. The predicted molar refractivity (Wildman–Crippen MR) is 94.5 cm³/mol. The van der Waals surface area contributed by atoms with Gasteiger partial charge in [-0.2, -0.15) is 4.98 Å². The molecule has 1 N–H and O–H groups in total. The van der Waals surface area contributed by atoms with E-state index in [0.717, 1.165) is 5.56 Å². The maximum atomic E-state index is 12.9. The monoisotopic (exact) mass is 333 g/mol. The van der Waals surface area contributed by atoms with E-state index in [4.69, 9.17) is 4.74 Å². The van der Waals surface area contributed by atoms with Gasteiger partial charge in [-0.25, -0.2) is 0 Å². The van der Waals surface area contributed by atoms with E-state index in [2.05, 4.69) is 10.3 Å². The van der Waals surface area contributed by atoms with Crippen LogP contribution >= 0.6 is 0 Å². The molecule has 4 rings (SSSR count). The number of aromatic nitrogens is 2. The summed E-state index contributed by atoms with van der Waals surface area (Å²) in [7, 11) is 0. The standard InChI is InChI=1S/C19H15N3O3/c1-12-17(23)20-15(11-13-7-3-2-4-8-13)16-21-18-14(19(24)22(12)16)9-5-6-10-25-18/h2-12H,1H3,(H,20,23). The quantitative estimate of drug-likeness (QED) is 0.869. The van der Waals surface area contributed by atoms with E-state index >= 15 is 0 Å². The highest BCUT2D eigenvalue weighted by Crippen LogP contribution is 2.26. The van der Waals surface area contributed by atoms with Crippen LogP contribution in [-0.4, -0.2) is 15.5 Å². The summed E-state index contributed by atoms with van der Waals surface area (Å²) in [5.41, 5.74) is 1.38. The first-order chi connectivity index (χ1) is 12.1. The highest BCUT2D eigenvalue weighted by molar-refractivity contribution is 5.95. The Labute approximate surface area is 143 Å². The summed E-state index contributed by atoms with van der Waals surface area (Å²) < 4.78 is 6.86. The summed E-state index contributed by atoms with van der Waals surface area (Å²) in [6.45, 7) is 1.67. The molecule has 0 aliphatic carbocycles. The normalized spacial score (nSPS) is 19.6. The third kappa shape index (κ3) is 2.57. The molecular formula is C19H15N3O3. The molecule has 1 unspecified atom stereocenters. The second-order valence-electron chi connectivity index (χ2n) is 5.77. The lowest BCUT2D eigenvalue weighted by Gasteiger charge is -2.27. The van der Waals surface area contributed by atoms with Crippen LogP contribution in [0.25, 0.3) is 17.8 Å². The molecule has 0 radical (unpaired) electrons. The van der Waals surface area contributed by atoms with Crippen molar-refractivity contribution in [3.63, 3.8) is 0 Å². The van der Waals surface area contributed by atoms with Gasteiger partial charge in [0, 0.05) is 0 Å². The molecule has 1 atom stereocenters. The summed E-state index contributed by atoms with van der Waals surface area (Å²) in [5, 5.41) is 2.83. The van der Waals surface area contributed by atoms with Crippen molar-refractivity contribution in [1.29, 1.82) is 0 Å². The van der Waals surface area contributed by atoms with Crippen LogP contribution in [0.15, 0.2) is 53.5 Å². The van der Waals surface area contributed by atoms with Gasteiger partial charge >= 0.3 is 0 Å². The number of hydrogen-bond donors (Lipinski definition) is 1. The van der Waals surface area contributed by atoms with Crippen molar-refractivity contribution in [1.82, 2.24) is 14.9 Å². The SMILES string of the molecule is CC1C(=O)NC(=Cc2ccccc2)c2nc3c(c(=O)n21)C=CC=CO3. The van der Waals surface area contributed by atoms with Crippen molar-refractivity contribution in [2.24, 2.45) is 0 Å². The molecule has 0 spiro atoms. The Hall–Kier alpha value is -3.41. The fourth-order valence-electron chi connectivity index (χ4n) is 2.84. The number of nitrogens with one attached hydrogen (secondary N) is 1. The van der Waals surface area contributed by atoms with E-state index in [1.807, 2.05) is 30.3 Å². The number of carbonyl (C=O) groups is 1. The van der Waals surface area contributed by atoms with Gasteiger partial charge in [0.15, 0.2) is 5.82 Å². The molecule has 1 aromatic carbocycles. The lowest BCUT2D eigenvalue weighted by atomic mass is 10.1. The molecule has 0 bridgehead atoms. The lowest BCUT2D eigenvalue weighted by molar-refractivity contribution is -0.123. The number of fused-ring (bicyclic) bond motifs is 2. The van der Waals surface area contributed by atoms with E-state index in [1.54, 1.807) is 31.2 Å². The smallest absolute Gasteiger partial charge is 0.265 e. The zero-order valence-electron chi connectivity index (χ0n) is 13.5. The topological polar surface area (TPSA) is 73.2 Å². The highest BCUT2D eigenvalue weighted by Gasteiger charge is 2.31. The van der Waals surface area contributed by atoms with Crippen LogP contribution in [0.3, 0.4) is 0 Å². The zero-order chi connectivity index (χ0) is 17.4. The Morgan fingerprint density at radius 2 is 2.00 bits per heavy atom. The molecule has 2 aliphatic rings. The molecule has 6 heteroatoms. The number of rotatable bonds is 1. The molecular weight excluding hydrogens is 318 g/mol. The molecule has 0 saturated carbocycles. The summed E-state index contributed by atoms with van der Waals surface area (Å²) >= 11 is 0. The largest absolute Gasteiger partial charge is 0.446 e. The van der Waals surface area contributed by atoms with Gasteiger partial charge in [0.1, 0.15) is 11.6 Å². The van der Waals surface area contributed by atoms with Crippen LogP contribution in [-0.2, 0) is 4.79 Å². The maximum absolute atomic E-state index is 12.9. The van der Waals surface area contributed by atoms with E-state index in [9.17, 15) is 9.59 Å². The molecule has 2 aromatic rings. The Balaban J connectivity index is 1.96. The van der Waals surface area contributed by atoms with Crippen LogP contribution in [0, 0.1) is 0 Å². The second-order valence-corrected chi connectivity index (χ2v) is 5.77. The van der Waals surface area contributed by atoms with Gasteiger partial charge in [0.25, 0.3) is 5.56 Å². The van der Waals surface area contributed by atoms with Gasteiger partial charge in [-0.15, -0.1) is 0 Å². The predicted octanol–water partition coefficient (Wildman–Crippen LogP) is 2.35. The van der Waals surface area contributed by atoms with Crippen LogP contribution in [0.1, 0.15) is 29.9 Å². The van der Waals surface area contributed by atoms with Crippen LogP contribution in [0.4, 0.5) is 0 Å². The number of hydrogen-bond acceptors (Lipinski definition) is 4. The third-order valence-electron chi connectivity index (χ3n) is 4.12. The first-order valence-electron chi connectivity index (χ1n) is 7.89. The Bertz CT molecular complexity index is 1000. The van der Waals surface area contributed by atoms with Gasteiger partial charge in [0.2, 0.25) is 11.8 Å². The van der Waals surface area contributed by atoms with E-state index in [0.29, 0.717) is 17.1 Å². The Kier molecular flexibility index (Phi) is 3.57. The average molecular weight is 333 g/mol. The number of carbonyl (C=O) groups excluding carboxylic acids is 1. The van der Waals surface area contributed by atoms with Crippen molar-refractivity contribution in [2.75, 3.05) is 0 Å². The minimum absolute atomic E-state index is 0.226. The van der Waals surface area contributed by atoms with Gasteiger partial charge in [-0.1, -0.05) is 36.4 Å². The summed E-state index contributed by atoms with van der Waals surface area (Å²) in [5.74, 6) is 0.349. The van der Waals surface area contributed by atoms with Crippen LogP contribution in [0.5, 0.6) is 5.88 Å². The summed E-state index contributed by atoms with van der Waals surface area (Å²) in [6, 6.07) is 8.87. The number of benzene rings is 1. The van der Waals surface area contributed by atoms with Gasteiger partial charge < -0.3 is 10.1 Å². The lowest BCUT2D eigenvalue weighted by Crippen LogP contribution is -2.43. The van der Waals surface area contributed by atoms with Crippen LogP contribution < -0.4 is 15.6 Å². The highest BCUT2D eigenvalue weighted by atomic mass is 16.5. The van der Waals surface area contributed by atoms with Gasteiger partial charge in [-0.05, 0) is 30.7 Å². The van der Waals surface area contributed by atoms with Crippen molar-refractivity contribution >= 4 is 23.8 Å². The van der Waals surface area contributed by atoms with Crippen molar-refractivity contribution in [3.05, 3.63) is 76.1 Å². The average Bonchev–Trinajstić information content (AvgIpc) is 2.86. The number of amides is 1. The van der Waals surface area contributed by atoms with Crippen molar-refractivity contribution < 1.29 is 9.53 Å². The molecule has 1 amide bonds. The molecule has 124 valence electrons. The molecule has 1 aromatic heterocycles. The van der Waals surface area contributed by atoms with E-state index in [1.165, 1.54) is 10.8 Å². The van der Waals surface area contributed by atoms with Crippen molar-refractivity contribution in [2.45, 2.75) is 13.0 Å². The second kappa shape index (κ2) is 5.90. The number of ether oxygens (including phenoxy) is 1. The molecule has 6 nitrogen and oxygen atoms in total. The van der Waals surface area contributed by atoms with Gasteiger partial charge in [-0.3, -0.25) is 14.2 Å². The first kappa shape index (κ1) is 15.1. The Morgan fingerprint density at radius 1 is 1.20 bits per heavy atom. The molecule has 0 saturated heterocycles. The number of allylic oxidation sites excluding steroid dienone is 2. The fraction of sp³-hybridized carbons (Fsp3) is 0.105. The fourth-order valence-corrected chi connectivity index (χ4v) is 2.84. The minimum Gasteiger partial charge on any atom is -0.446 e. The maximum Gasteiger partial charge on any atom is 0.265 e. The third-order valence-corrected chi connectivity index (χ3v) is 4.12. The zero-order valence-corrected chi connectivity index (χ0v) is 13.5. The first-order valence-corrected chi connectivity index (χ1v) is 7.89. The van der Waals surface area contributed by atoms with Gasteiger partial charge in [0.05, 0.1) is 12.0 Å². The summed E-state index contributed by atoms with van der Waals surface area (Å²) in [6.07, 6.45) is 8.28. The van der Waals surface area contributed by atoms with Crippen LogP contribution in [0.2, 0.25) is 0 Å². The minimum atomic E-state index is -0.655.